The van der Waals surface area contributed by atoms with E-state index < -0.39 is 18.0 Å². The lowest BCUT2D eigenvalue weighted by Gasteiger charge is -2.16. The summed E-state index contributed by atoms with van der Waals surface area (Å²) in [6.45, 7) is 4.97. The number of ether oxygens (including phenoxy) is 4. The second-order valence-electron chi connectivity index (χ2n) is 7.30. The lowest BCUT2D eigenvalue weighted by Crippen LogP contribution is -2.32. The Bertz CT molecular complexity index is 858. The lowest BCUT2D eigenvalue weighted by atomic mass is 10.0. The molecule has 2 aromatic rings. The number of carbonyl (C=O) groups is 2. The molecule has 0 spiro atoms. The van der Waals surface area contributed by atoms with E-state index in [9.17, 15) is 9.59 Å². The monoisotopic (exact) mass is 382 g/mol. The quantitative estimate of drug-likeness (QED) is 0.598. The maximum Gasteiger partial charge on any atom is 0.343 e. The van der Waals surface area contributed by atoms with Gasteiger partial charge in [-0.05, 0) is 43.3 Å². The minimum absolute atomic E-state index is 0.0126. The van der Waals surface area contributed by atoms with Gasteiger partial charge in [0.05, 0.1) is 30.4 Å². The van der Waals surface area contributed by atoms with Crippen molar-refractivity contribution in [3.8, 4) is 5.75 Å². The molecule has 2 aliphatic heterocycles. The molecule has 2 unspecified atom stereocenters. The zero-order valence-corrected chi connectivity index (χ0v) is 15.8. The number of benzene rings is 2. The molecule has 2 fully saturated rings. The van der Waals surface area contributed by atoms with Crippen molar-refractivity contribution in [1.29, 1.82) is 0 Å². The van der Waals surface area contributed by atoms with Crippen LogP contribution in [0.5, 0.6) is 5.75 Å². The number of aryl methyl sites for hydroxylation is 1. The summed E-state index contributed by atoms with van der Waals surface area (Å²) in [5.74, 6) is -0.235. The summed E-state index contributed by atoms with van der Waals surface area (Å²) in [5, 5.41) is 0. The van der Waals surface area contributed by atoms with Crippen LogP contribution in [0.3, 0.4) is 0 Å². The molecule has 4 rings (SSSR count). The zero-order chi connectivity index (χ0) is 19.7. The summed E-state index contributed by atoms with van der Waals surface area (Å²) >= 11 is 0. The molecule has 6 nitrogen and oxygen atoms in total. The Morgan fingerprint density at radius 1 is 0.857 bits per heavy atom. The molecule has 4 atom stereocenters. The van der Waals surface area contributed by atoms with Gasteiger partial charge >= 0.3 is 11.9 Å². The average molecular weight is 382 g/mol. The Labute approximate surface area is 163 Å². The predicted molar refractivity (Wildman–Crippen MR) is 100 cm³/mol. The minimum Gasteiger partial charge on any atom is -0.453 e. The van der Waals surface area contributed by atoms with Crippen molar-refractivity contribution < 1.29 is 28.5 Å². The van der Waals surface area contributed by atoms with Crippen molar-refractivity contribution in [2.45, 2.75) is 32.2 Å². The first-order valence-corrected chi connectivity index (χ1v) is 9.34. The van der Waals surface area contributed by atoms with Crippen molar-refractivity contribution >= 4 is 11.9 Å². The first-order valence-electron chi connectivity index (χ1n) is 9.34. The van der Waals surface area contributed by atoms with Gasteiger partial charge in [0.25, 0.3) is 0 Å². The molecule has 0 aliphatic carbocycles. The zero-order valence-electron chi connectivity index (χ0n) is 15.8. The van der Waals surface area contributed by atoms with Crippen LogP contribution in [0.15, 0.2) is 48.5 Å². The van der Waals surface area contributed by atoms with E-state index in [1.807, 2.05) is 19.1 Å². The molecular formula is C22H22O6. The Balaban J connectivity index is 1.36. The van der Waals surface area contributed by atoms with Gasteiger partial charge in [-0.3, -0.25) is 0 Å². The molecule has 0 radical (unpaired) electrons. The van der Waals surface area contributed by atoms with E-state index in [1.165, 1.54) is 0 Å². The summed E-state index contributed by atoms with van der Waals surface area (Å²) in [7, 11) is 0. The van der Waals surface area contributed by atoms with Gasteiger partial charge in [0, 0.05) is 5.92 Å². The average Bonchev–Trinajstić information content (AvgIpc) is 3.26. The van der Waals surface area contributed by atoms with E-state index in [4.69, 9.17) is 18.9 Å². The third kappa shape index (κ3) is 3.79. The van der Waals surface area contributed by atoms with Crippen LogP contribution in [0.2, 0.25) is 0 Å². The van der Waals surface area contributed by atoms with Gasteiger partial charge in [0.2, 0.25) is 0 Å². The van der Waals surface area contributed by atoms with Crippen molar-refractivity contribution in [3.63, 3.8) is 0 Å². The van der Waals surface area contributed by atoms with Gasteiger partial charge in [-0.15, -0.1) is 0 Å². The molecule has 0 N–H and O–H groups in total. The van der Waals surface area contributed by atoms with Gasteiger partial charge in [-0.1, -0.05) is 24.6 Å². The number of rotatable bonds is 4. The van der Waals surface area contributed by atoms with Crippen LogP contribution in [-0.4, -0.2) is 43.5 Å². The largest absolute Gasteiger partial charge is 0.453 e. The van der Waals surface area contributed by atoms with Gasteiger partial charge in [-0.25, -0.2) is 9.59 Å². The second kappa shape index (κ2) is 7.73. The fourth-order valence-electron chi connectivity index (χ4n) is 3.48. The van der Waals surface area contributed by atoms with E-state index in [0.717, 1.165) is 5.56 Å². The van der Waals surface area contributed by atoms with Crippen molar-refractivity contribution in [2.24, 2.45) is 5.92 Å². The number of hydrogen-bond acceptors (Lipinski definition) is 6. The standard InChI is InChI=1S/C22H22O6/c1-13-3-5-15(6-4-13)21(23)27-17-9-7-16(8-10-17)22(24)28-18-12-26-19-14(2)11-25-20(18)19/h3-10,14,18-20H,11-12H2,1-2H3/t14-,18-,19?,20?/m0/s1. The molecule has 2 aromatic carbocycles. The van der Waals surface area contributed by atoms with Crippen LogP contribution in [-0.2, 0) is 14.2 Å². The maximum absolute atomic E-state index is 12.4. The number of carbonyl (C=O) groups excluding carboxylic acids is 2. The first-order chi connectivity index (χ1) is 13.5. The molecular weight excluding hydrogens is 360 g/mol. The summed E-state index contributed by atoms with van der Waals surface area (Å²) in [6, 6.07) is 13.4. The first kappa shape index (κ1) is 18.7. The van der Waals surface area contributed by atoms with Crippen molar-refractivity contribution in [2.75, 3.05) is 13.2 Å². The minimum atomic E-state index is -0.450. The number of fused-ring (bicyclic) bond motifs is 1. The Kier molecular flexibility index (Phi) is 5.15. The predicted octanol–water partition coefficient (Wildman–Crippen LogP) is 3.17. The molecule has 2 heterocycles. The molecule has 2 aliphatic rings. The van der Waals surface area contributed by atoms with Crippen LogP contribution in [0.4, 0.5) is 0 Å². The van der Waals surface area contributed by atoms with E-state index in [2.05, 4.69) is 6.92 Å². The van der Waals surface area contributed by atoms with E-state index >= 15 is 0 Å². The lowest BCUT2D eigenvalue weighted by molar-refractivity contribution is -0.0158. The van der Waals surface area contributed by atoms with Gasteiger partial charge < -0.3 is 18.9 Å². The summed E-state index contributed by atoms with van der Waals surface area (Å²) in [4.78, 5) is 24.6. The SMILES string of the molecule is Cc1ccc(C(=O)Oc2ccc(C(=O)O[C@H]3COC4C3OC[C@@H]4C)cc2)cc1. The van der Waals surface area contributed by atoms with Crippen LogP contribution >= 0.6 is 0 Å². The number of hydrogen-bond donors (Lipinski definition) is 0. The van der Waals surface area contributed by atoms with Gasteiger partial charge in [0.15, 0.2) is 6.10 Å². The molecule has 0 bridgehead atoms. The highest BCUT2D eigenvalue weighted by Crippen LogP contribution is 2.32. The highest BCUT2D eigenvalue weighted by Gasteiger charge is 2.47. The van der Waals surface area contributed by atoms with Crippen molar-refractivity contribution in [1.82, 2.24) is 0 Å². The van der Waals surface area contributed by atoms with E-state index in [-0.39, 0.29) is 12.2 Å². The smallest absolute Gasteiger partial charge is 0.343 e. The Morgan fingerprint density at radius 2 is 1.46 bits per heavy atom. The topological polar surface area (TPSA) is 71.1 Å². The molecule has 0 saturated carbocycles. The normalized spacial score (nSPS) is 25.9. The van der Waals surface area contributed by atoms with Gasteiger partial charge in [-0.2, -0.15) is 0 Å². The highest BCUT2D eigenvalue weighted by atomic mass is 16.6. The van der Waals surface area contributed by atoms with Crippen LogP contribution in [0.1, 0.15) is 33.2 Å². The van der Waals surface area contributed by atoms with E-state index in [0.29, 0.717) is 36.0 Å². The summed E-state index contributed by atoms with van der Waals surface area (Å²) in [5.41, 5.74) is 1.91. The fourth-order valence-corrected chi connectivity index (χ4v) is 3.48. The molecule has 6 heteroatoms. The molecule has 2 saturated heterocycles. The van der Waals surface area contributed by atoms with Crippen LogP contribution < -0.4 is 4.74 Å². The Morgan fingerprint density at radius 3 is 2.18 bits per heavy atom. The third-order valence-electron chi connectivity index (χ3n) is 5.10. The fraction of sp³-hybridized carbons (Fsp3) is 0.364. The molecule has 28 heavy (non-hydrogen) atoms. The Hall–Kier alpha value is -2.70. The molecule has 146 valence electrons. The van der Waals surface area contributed by atoms with Gasteiger partial charge in [0.1, 0.15) is 11.9 Å². The van der Waals surface area contributed by atoms with Crippen LogP contribution in [0, 0.1) is 12.8 Å². The van der Waals surface area contributed by atoms with E-state index in [1.54, 1.807) is 36.4 Å². The summed E-state index contributed by atoms with van der Waals surface area (Å²) in [6.07, 6.45) is -0.614. The number of esters is 2. The summed E-state index contributed by atoms with van der Waals surface area (Å²) < 4.78 is 22.3. The van der Waals surface area contributed by atoms with Crippen LogP contribution in [0.25, 0.3) is 0 Å². The molecule has 0 amide bonds. The highest BCUT2D eigenvalue weighted by molar-refractivity contribution is 5.92. The third-order valence-corrected chi connectivity index (χ3v) is 5.10. The maximum atomic E-state index is 12.4. The van der Waals surface area contributed by atoms with Crippen molar-refractivity contribution in [3.05, 3.63) is 65.2 Å². The second-order valence-corrected chi connectivity index (χ2v) is 7.30. The molecule has 0 aromatic heterocycles.